The Balaban J connectivity index is 2.19. The van der Waals surface area contributed by atoms with E-state index in [2.05, 4.69) is 12.2 Å². The Hall–Kier alpha value is -0.250. The Bertz CT molecular complexity index is 350. The van der Waals surface area contributed by atoms with Gasteiger partial charge in [0.2, 0.25) is 0 Å². The minimum absolute atomic E-state index is 0.0416. The maximum atomic E-state index is 13.7. The Morgan fingerprint density at radius 1 is 1.53 bits per heavy atom. The molecule has 0 aromatic heterocycles. The van der Waals surface area contributed by atoms with Gasteiger partial charge in [0, 0.05) is 5.56 Å². The van der Waals surface area contributed by atoms with Crippen LogP contribution in [0.1, 0.15) is 17.9 Å². The summed E-state index contributed by atoms with van der Waals surface area (Å²) in [6, 6.07) is 5.17. The van der Waals surface area contributed by atoms with E-state index in [0.29, 0.717) is 11.5 Å². The molecule has 0 radical (unpaired) electrons. The van der Waals surface area contributed by atoms with E-state index in [-0.39, 0.29) is 16.2 Å². The highest BCUT2D eigenvalue weighted by molar-refractivity contribution is 7.99. The van der Waals surface area contributed by atoms with E-state index in [4.69, 9.17) is 11.6 Å². The average molecular weight is 246 g/mol. The molecule has 15 heavy (non-hydrogen) atoms. The molecule has 0 bridgehead atoms. The van der Waals surface area contributed by atoms with E-state index in [9.17, 15) is 4.39 Å². The van der Waals surface area contributed by atoms with Crippen LogP contribution in [0, 0.1) is 11.7 Å². The normalized spacial score (nSPS) is 26.6. The summed E-state index contributed by atoms with van der Waals surface area (Å²) in [5.41, 5.74) is 0.666. The topological polar surface area (TPSA) is 12.0 Å². The maximum absolute atomic E-state index is 13.7. The van der Waals surface area contributed by atoms with Crippen molar-refractivity contribution in [3.8, 4) is 0 Å². The number of halogens is 2. The molecule has 1 aliphatic heterocycles. The lowest BCUT2D eigenvalue weighted by atomic mass is 10.1. The number of hydrogen-bond acceptors (Lipinski definition) is 2. The average Bonchev–Trinajstić information content (AvgIpc) is 2.24. The van der Waals surface area contributed by atoms with Crippen LogP contribution in [-0.4, -0.2) is 12.3 Å². The molecule has 0 aliphatic carbocycles. The highest BCUT2D eigenvalue weighted by atomic mass is 35.5. The fourth-order valence-electron chi connectivity index (χ4n) is 1.61. The van der Waals surface area contributed by atoms with Crippen LogP contribution < -0.4 is 5.32 Å². The van der Waals surface area contributed by atoms with Crippen molar-refractivity contribution >= 4 is 23.4 Å². The second kappa shape index (κ2) is 4.73. The van der Waals surface area contributed by atoms with Crippen LogP contribution in [0.2, 0.25) is 5.02 Å². The first kappa shape index (κ1) is 11.2. The minimum Gasteiger partial charge on any atom is -0.301 e. The monoisotopic (exact) mass is 245 g/mol. The summed E-state index contributed by atoms with van der Waals surface area (Å²) >= 11 is 7.49. The molecule has 2 unspecified atom stereocenters. The molecule has 0 saturated carbocycles. The molecule has 1 aliphatic rings. The van der Waals surface area contributed by atoms with Crippen molar-refractivity contribution in [1.29, 1.82) is 0 Å². The van der Waals surface area contributed by atoms with Gasteiger partial charge in [-0.15, -0.1) is 11.8 Å². The van der Waals surface area contributed by atoms with Crippen molar-refractivity contribution in [2.75, 3.05) is 12.3 Å². The molecule has 2 atom stereocenters. The molecule has 1 nitrogen and oxygen atoms in total. The van der Waals surface area contributed by atoms with Gasteiger partial charge >= 0.3 is 0 Å². The third-order valence-electron chi connectivity index (χ3n) is 2.46. The zero-order valence-corrected chi connectivity index (χ0v) is 10.0. The molecular formula is C11H13ClFNS. The Labute approximate surface area is 98.4 Å². The SMILES string of the molecule is CC1CNC(c2cccc(Cl)c2F)SC1. The first-order valence-electron chi connectivity index (χ1n) is 4.97. The van der Waals surface area contributed by atoms with Gasteiger partial charge < -0.3 is 5.32 Å². The van der Waals surface area contributed by atoms with Crippen molar-refractivity contribution in [3.05, 3.63) is 34.6 Å². The van der Waals surface area contributed by atoms with Crippen LogP contribution in [0.5, 0.6) is 0 Å². The van der Waals surface area contributed by atoms with Crippen molar-refractivity contribution in [2.45, 2.75) is 12.3 Å². The quantitative estimate of drug-likeness (QED) is 0.813. The number of benzene rings is 1. The van der Waals surface area contributed by atoms with E-state index in [0.717, 1.165) is 12.3 Å². The van der Waals surface area contributed by atoms with E-state index in [1.54, 1.807) is 30.0 Å². The summed E-state index contributed by atoms with van der Waals surface area (Å²) in [6.07, 6.45) is 0. The predicted octanol–water partition coefficient (Wildman–Crippen LogP) is 3.45. The second-order valence-electron chi connectivity index (χ2n) is 3.87. The molecule has 1 heterocycles. The van der Waals surface area contributed by atoms with Crippen molar-refractivity contribution in [3.63, 3.8) is 0 Å². The molecule has 0 amide bonds. The first-order valence-corrected chi connectivity index (χ1v) is 6.40. The summed E-state index contributed by atoms with van der Waals surface area (Å²) in [6.45, 7) is 3.12. The maximum Gasteiger partial charge on any atom is 0.147 e. The largest absolute Gasteiger partial charge is 0.301 e. The zero-order valence-electron chi connectivity index (χ0n) is 8.47. The molecule has 1 aromatic rings. The zero-order chi connectivity index (χ0) is 10.8. The number of thioether (sulfide) groups is 1. The van der Waals surface area contributed by atoms with Crippen LogP contribution in [0.4, 0.5) is 4.39 Å². The van der Waals surface area contributed by atoms with Gasteiger partial charge in [-0.1, -0.05) is 30.7 Å². The fourth-order valence-corrected chi connectivity index (χ4v) is 3.01. The van der Waals surface area contributed by atoms with E-state index >= 15 is 0 Å². The fraction of sp³-hybridized carbons (Fsp3) is 0.455. The highest BCUT2D eigenvalue weighted by Crippen LogP contribution is 2.34. The van der Waals surface area contributed by atoms with Crippen LogP contribution in [0.15, 0.2) is 18.2 Å². The van der Waals surface area contributed by atoms with Gasteiger partial charge in [-0.05, 0) is 24.3 Å². The molecule has 1 saturated heterocycles. The summed E-state index contributed by atoms with van der Waals surface area (Å²) in [5, 5.41) is 3.56. The first-order chi connectivity index (χ1) is 7.18. The Morgan fingerprint density at radius 3 is 3.00 bits per heavy atom. The van der Waals surface area contributed by atoms with E-state index in [1.165, 1.54) is 0 Å². The lowest BCUT2D eigenvalue weighted by Crippen LogP contribution is -2.31. The number of hydrogen-bond donors (Lipinski definition) is 1. The Kier molecular flexibility index (Phi) is 3.54. The molecule has 1 fully saturated rings. The van der Waals surface area contributed by atoms with Crippen LogP contribution >= 0.6 is 23.4 Å². The summed E-state index contributed by atoms with van der Waals surface area (Å²) < 4.78 is 13.7. The number of nitrogens with one attached hydrogen (secondary N) is 1. The van der Waals surface area contributed by atoms with E-state index in [1.807, 2.05) is 0 Å². The molecule has 0 spiro atoms. The lowest BCUT2D eigenvalue weighted by Gasteiger charge is -2.27. The molecule has 4 heteroatoms. The molecule has 1 aromatic carbocycles. The second-order valence-corrected chi connectivity index (χ2v) is 5.42. The van der Waals surface area contributed by atoms with Crippen LogP contribution in [0.25, 0.3) is 0 Å². The van der Waals surface area contributed by atoms with Crippen molar-refractivity contribution in [2.24, 2.45) is 5.92 Å². The minimum atomic E-state index is -0.293. The Morgan fingerprint density at radius 2 is 2.33 bits per heavy atom. The molecular weight excluding hydrogens is 233 g/mol. The predicted molar refractivity (Wildman–Crippen MR) is 63.8 cm³/mol. The van der Waals surface area contributed by atoms with Crippen molar-refractivity contribution < 1.29 is 4.39 Å². The third kappa shape index (κ3) is 2.47. The standard InChI is InChI=1S/C11H13ClFNS/c1-7-5-14-11(15-6-7)8-3-2-4-9(12)10(8)13/h2-4,7,11,14H,5-6H2,1H3. The van der Waals surface area contributed by atoms with Gasteiger partial charge in [-0.3, -0.25) is 0 Å². The number of rotatable bonds is 1. The van der Waals surface area contributed by atoms with Gasteiger partial charge in [0.1, 0.15) is 5.82 Å². The molecule has 2 rings (SSSR count). The van der Waals surface area contributed by atoms with E-state index < -0.39 is 0 Å². The van der Waals surface area contributed by atoms with Crippen LogP contribution in [-0.2, 0) is 0 Å². The van der Waals surface area contributed by atoms with Crippen LogP contribution in [0.3, 0.4) is 0 Å². The lowest BCUT2D eigenvalue weighted by molar-refractivity contribution is 0.513. The van der Waals surface area contributed by atoms with Crippen molar-refractivity contribution in [1.82, 2.24) is 5.32 Å². The summed E-state index contributed by atoms with van der Waals surface area (Å²) in [7, 11) is 0. The van der Waals surface area contributed by atoms with Gasteiger partial charge in [0.25, 0.3) is 0 Å². The highest BCUT2D eigenvalue weighted by Gasteiger charge is 2.22. The van der Waals surface area contributed by atoms with Gasteiger partial charge in [0.15, 0.2) is 0 Å². The van der Waals surface area contributed by atoms with Gasteiger partial charge in [-0.2, -0.15) is 0 Å². The smallest absolute Gasteiger partial charge is 0.147 e. The van der Waals surface area contributed by atoms with Gasteiger partial charge in [0.05, 0.1) is 10.4 Å². The summed E-state index contributed by atoms with van der Waals surface area (Å²) in [4.78, 5) is 0. The third-order valence-corrected chi connectivity index (χ3v) is 4.27. The van der Waals surface area contributed by atoms with Gasteiger partial charge in [-0.25, -0.2) is 4.39 Å². The summed E-state index contributed by atoms with van der Waals surface area (Å²) in [5.74, 6) is 1.41. The molecule has 82 valence electrons. The molecule has 1 N–H and O–H groups in total.